The first-order valence-corrected chi connectivity index (χ1v) is 23.0. The number of alkyl carbamates (subject to hydrolysis) is 1. The average Bonchev–Trinajstić information content (AvgIpc) is 3.80. The van der Waals surface area contributed by atoms with Crippen LogP contribution in [0.4, 0.5) is 4.79 Å². The standard InChI is InChI=1S/C52H62N6O12/c1-33(2)44(57-51(66)68-32-38-25-17-10-18-26-38)48(63)53-30-43(59)58-41(46(61)56-40(28-36-21-13-8-14-22-36)50(65)67-31-37-23-15-9-16-24-37)29-42(70-58)47(62)55-39(27-35-19-11-7-12-20-35)45(60)54-34(3)49(64)69-52(4,5)6/h7-26,33-34,39-42,44H,27-32H2,1-6H3,(H,53,63)(H,54,60)(H,55,62)(H,56,61)(H,57,66)/t34-,39-,40-,41+,42-,44-/m0/s1. The fourth-order valence-corrected chi connectivity index (χ4v) is 7.16. The summed E-state index contributed by atoms with van der Waals surface area (Å²) in [5.74, 6) is -6.17. The Morgan fingerprint density at radius 1 is 0.600 bits per heavy atom. The smallest absolute Gasteiger partial charge is 0.408 e. The van der Waals surface area contributed by atoms with Gasteiger partial charge in [-0.25, -0.2) is 19.4 Å². The van der Waals surface area contributed by atoms with Crippen molar-refractivity contribution in [2.75, 3.05) is 6.54 Å². The molecule has 70 heavy (non-hydrogen) atoms. The Balaban J connectivity index is 1.36. The minimum absolute atomic E-state index is 0.00291. The van der Waals surface area contributed by atoms with Crippen molar-refractivity contribution in [3.05, 3.63) is 144 Å². The Hall–Kier alpha value is -7.60. The Kier molecular flexibility index (Phi) is 19.6. The van der Waals surface area contributed by atoms with E-state index >= 15 is 0 Å². The second-order valence-corrected chi connectivity index (χ2v) is 18.1. The van der Waals surface area contributed by atoms with Gasteiger partial charge in [0.05, 0.1) is 6.54 Å². The number of nitrogens with one attached hydrogen (secondary N) is 5. The molecule has 4 aromatic rings. The van der Waals surface area contributed by atoms with Crippen LogP contribution in [-0.4, -0.2) is 101 Å². The highest BCUT2D eigenvalue weighted by Gasteiger charge is 2.46. The van der Waals surface area contributed by atoms with E-state index in [1.807, 2.05) is 12.1 Å². The number of ether oxygens (including phenoxy) is 3. The van der Waals surface area contributed by atoms with Gasteiger partial charge in [0.2, 0.25) is 17.7 Å². The lowest BCUT2D eigenvalue weighted by Crippen LogP contribution is -2.54. The van der Waals surface area contributed by atoms with Crippen LogP contribution < -0.4 is 26.6 Å². The molecule has 1 aliphatic heterocycles. The Morgan fingerprint density at radius 3 is 1.60 bits per heavy atom. The zero-order valence-electron chi connectivity index (χ0n) is 40.2. The molecule has 0 radical (unpaired) electrons. The van der Waals surface area contributed by atoms with Gasteiger partial charge in [0, 0.05) is 19.3 Å². The zero-order valence-corrected chi connectivity index (χ0v) is 40.2. The van der Waals surface area contributed by atoms with E-state index in [1.165, 1.54) is 6.92 Å². The van der Waals surface area contributed by atoms with Gasteiger partial charge in [-0.05, 0) is 55.9 Å². The predicted octanol–water partition coefficient (Wildman–Crippen LogP) is 4.00. The minimum atomic E-state index is -1.56. The van der Waals surface area contributed by atoms with Gasteiger partial charge in [-0.1, -0.05) is 135 Å². The highest BCUT2D eigenvalue weighted by molar-refractivity contribution is 5.96. The van der Waals surface area contributed by atoms with Crippen molar-refractivity contribution >= 4 is 47.6 Å². The van der Waals surface area contributed by atoms with E-state index < -0.39 is 108 Å². The molecule has 0 saturated carbocycles. The Bertz CT molecular complexity index is 2400. The lowest BCUT2D eigenvalue weighted by Gasteiger charge is -2.26. The fourth-order valence-electron chi connectivity index (χ4n) is 7.16. The molecule has 18 heteroatoms. The lowest BCUT2D eigenvalue weighted by molar-refractivity contribution is -0.191. The van der Waals surface area contributed by atoms with Crippen LogP contribution in [0.1, 0.15) is 70.2 Å². The van der Waals surface area contributed by atoms with Gasteiger partial charge in [0.1, 0.15) is 49.0 Å². The van der Waals surface area contributed by atoms with Crippen LogP contribution in [0.15, 0.2) is 121 Å². The third kappa shape index (κ3) is 16.9. The van der Waals surface area contributed by atoms with Crippen molar-refractivity contribution in [3.63, 3.8) is 0 Å². The molecule has 1 saturated heterocycles. The van der Waals surface area contributed by atoms with Gasteiger partial charge in [0.25, 0.3) is 11.8 Å². The largest absolute Gasteiger partial charge is 0.459 e. The number of carbonyl (C=O) groups is 8. The highest BCUT2D eigenvalue weighted by Crippen LogP contribution is 2.23. The summed E-state index contributed by atoms with van der Waals surface area (Å²) in [7, 11) is 0. The molecule has 0 aromatic heterocycles. The number of hydroxylamine groups is 2. The van der Waals surface area contributed by atoms with Gasteiger partial charge < -0.3 is 40.8 Å². The molecule has 1 fully saturated rings. The molecule has 5 rings (SSSR count). The number of nitrogens with zero attached hydrogens (tertiary/aromatic N) is 1. The third-order valence-corrected chi connectivity index (χ3v) is 10.8. The molecular weight excluding hydrogens is 901 g/mol. The van der Waals surface area contributed by atoms with Crippen molar-refractivity contribution in [1.82, 2.24) is 31.6 Å². The number of hydrogen-bond acceptors (Lipinski definition) is 12. The quantitative estimate of drug-likeness (QED) is 0.0589. The SMILES string of the molecule is CC(C)[C@H](NC(=O)OCc1ccccc1)C(=O)NCC(=O)N1O[C@H](C(=O)N[C@@H](Cc2ccccc2)C(=O)N[C@@H](C)C(=O)OC(C)(C)C)C[C@@H]1C(=O)N[C@@H](Cc1ccccc1)C(=O)OCc1ccccc1. The van der Waals surface area contributed by atoms with Crippen LogP contribution in [0.2, 0.25) is 0 Å². The zero-order chi connectivity index (χ0) is 50.8. The van der Waals surface area contributed by atoms with Crippen LogP contribution in [0.5, 0.6) is 0 Å². The average molecular weight is 963 g/mol. The first-order chi connectivity index (χ1) is 33.4. The van der Waals surface area contributed by atoms with E-state index in [0.29, 0.717) is 21.8 Å². The van der Waals surface area contributed by atoms with Gasteiger partial charge in [0.15, 0.2) is 6.10 Å². The van der Waals surface area contributed by atoms with Crippen molar-refractivity contribution < 1.29 is 57.4 Å². The number of amides is 6. The molecule has 0 spiro atoms. The molecule has 18 nitrogen and oxygen atoms in total. The predicted molar refractivity (Wildman–Crippen MR) is 255 cm³/mol. The number of rotatable bonds is 21. The highest BCUT2D eigenvalue weighted by atomic mass is 16.7. The van der Waals surface area contributed by atoms with Crippen LogP contribution in [0.25, 0.3) is 0 Å². The van der Waals surface area contributed by atoms with Gasteiger partial charge >= 0.3 is 18.0 Å². The minimum Gasteiger partial charge on any atom is -0.459 e. The van der Waals surface area contributed by atoms with E-state index in [-0.39, 0.29) is 26.1 Å². The van der Waals surface area contributed by atoms with Crippen LogP contribution in [0, 0.1) is 5.92 Å². The van der Waals surface area contributed by atoms with Crippen LogP contribution in [-0.2, 0) is 78.7 Å². The second kappa shape index (κ2) is 25.7. The third-order valence-electron chi connectivity index (χ3n) is 10.8. The first kappa shape index (κ1) is 53.4. The molecule has 0 aliphatic carbocycles. The van der Waals surface area contributed by atoms with Gasteiger partial charge in [-0.15, -0.1) is 0 Å². The summed E-state index contributed by atoms with van der Waals surface area (Å²) in [6, 6.07) is 29.1. The Labute approximate surface area is 407 Å². The van der Waals surface area contributed by atoms with Crippen LogP contribution >= 0.6 is 0 Å². The first-order valence-electron chi connectivity index (χ1n) is 23.0. The van der Waals surface area contributed by atoms with E-state index in [0.717, 1.165) is 5.56 Å². The maximum absolute atomic E-state index is 14.4. The molecule has 5 N–H and O–H groups in total. The molecule has 1 aliphatic rings. The van der Waals surface area contributed by atoms with Crippen molar-refractivity contribution in [2.45, 2.75) is 116 Å². The maximum Gasteiger partial charge on any atom is 0.408 e. The summed E-state index contributed by atoms with van der Waals surface area (Å²) < 4.78 is 16.4. The van der Waals surface area contributed by atoms with E-state index in [4.69, 9.17) is 19.0 Å². The topological polar surface area (TPSA) is 237 Å². The molecule has 6 atom stereocenters. The molecule has 4 aromatic carbocycles. The number of carbonyl (C=O) groups excluding carboxylic acids is 8. The van der Waals surface area contributed by atoms with Crippen molar-refractivity contribution in [3.8, 4) is 0 Å². The second-order valence-electron chi connectivity index (χ2n) is 18.1. The summed E-state index contributed by atoms with van der Waals surface area (Å²) in [5.41, 5.74) is 1.93. The molecular formula is C52H62N6O12. The van der Waals surface area contributed by atoms with Crippen molar-refractivity contribution in [1.29, 1.82) is 0 Å². The fraction of sp³-hybridized carbons (Fsp3) is 0.385. The van der Waals surface area contributed by atoms with E-state index in [2.05, 4.69) is 26.6 Å². The summed E-state index contributed by atoms with van der Waals surface area (Å²) in [4.78, 5) is 115. The summed E-state index contributed by atoms with van der Waals surface area (Å²) >= 11 is 0. The van der Waals surface area contributed by atoms with E-state index in [1.54, 1.807) is 144 Å². The van der Waals surface area contributed by atoms with Crippen molar-refractivity contribution in [2.24, 2.45) is 5.92 Å². The van der Waals surface area contributed by atoms with Crippen LogP contribution in [0.3, 0.4) is 0 Å². The summed E-state index contributed by atoms with van der Waals surface area (Å²) in [5, 5.41) is 13.6. The molecule has 0 unspecified atom stereocenters. The molecule has 1 heterocycles. The maximum atomic E-state index is 14.4. The normalized spacial score (nSPS) is 16.1. The number of esters is 2. The van der Waals surface area contributed by atoms with Gasteiger partial charge in [-0.2, -0.15) is 0 Å². The molecule has 0 bridgehead atoms. The monoisotopic (exact) mass is 962 g/mol. The molecule has 372 valence electrons. The number of hydrogen-bond donors (Lipinski definition) is 5. The number of benzene rings is 4. The summed E-state index contributed by atoms with van der Waals surface area (Å²) in [6.45, 7) is 8.95. The summed E-state index contributed by atoms with van der Waals surface area (Å²) in [6.07, 6.45) is -2.92. The van der Waals surface area contributed by atoms with Gasteiger partial charge in [-0.3, -0.25) is 28.8 Å². The lowest BCUT2D eigenvalue weighted by atomic mass is 10.0. The molecule has 6 amide bonds. The Morgan fingerprint density at radius 2 is 1.09 bits per heavy atom. The van der Waals surface area contributed by atoms with E-state index in [9.17, 15) is 38.4 Å².